The number of nitrogens with zero attached hydrogens (tertiary/aromatic N) is 3. The number of aromatic nitrogens is 3. The second kappa shape index (κ2) is 5.31. The van der Waals surface area contributed by atoms with Gasteiger partial charge in [0.1, 0.15) is 5.75 Å². The average molecular weight is 246 g/mol. The number of hydrogen-bond donors (Lipinski definition) is 1. The maximum absolute atomic E-state index is 11.7. The van der Waals surface area contributed by atoms with E-state index >= 15 is 0 Å². The Balaban J connectivity index is 1.97. The molecule has 0 bridgehead atoms. The van der Waals surface area contributed by atoms with Crippen LogP contribution in [0.5, 0.6) is 5.75 Å². The Bertz CT molecular complexity index is 551. The lowest BCUT2D eigenvalue weighted by molar-refractivity contribution is 0.0946. The van der Waals surface area contributed by atoms with Gasteiger partial charge < -0.3 is 10.1 Å². The summed E-state index contributed by atoms with van der Waals surface area (Å²) in [7, 11) is 3.32. The minimum Gasteiger partial charge on any atom is -0.497 e. The van der Waals surface area contributed by atoms with Crippen LogP contribution in [0.15, 0.2) is 30.5 Å². The zero-order valence-corrected chi connectivity index (χ0v) is 10.3. The molecule has 0 saturated carbocycles. The van der Waals surface area contributed by atoms with Crippen LogP contribution in [0.4, 0.5) is 0 Å². The SMILES string of the molecule is COc1cccc(CNC(=O)c2cn(C)nn2)c1. The van der Waals surface area contributed by atoms with Gasteiger partial charge in [-0.1, -0.05) is 17.3 Å². The van der Waals surface area contributed by atoms with Crippen LogP contribution < -0.4 is 10.1 Å². The van der Waals surface area contributed by atoms with E-state index in [2.05, 4.69) is 15.6 Å². The number of carbonyl (C=O) groups is 1. The first kappa shape index (κ1) is 12.1. The molecular weight excluding hydrogens is 232 g/mol. The molecular formula is C12H14N4O2. The van der Waals surface area contributed by atoms with Crippen molar-refractivity contribution in [1.82, 2.24) is 20.3 Å². The number of aryl methyl sites for hydroxylation is 1. The molecule has 2 aromatic rings. The minimum atomic E-state index is -0.245. The van der Waals surface area contributed by atoms with Gasteiger partial charge in [0.05, 0.1) is 13.3 Å². The van der Waals surface area contributed by atoms with Crippen LogP contribution in [0.3, 0.4) is 0 Å². The van der Waals surface area contributed by atoms with Crippen LogP contribution >= 0.6 is 0 Å². The Labute approximate surface area is 105 Å². The van der Waals surface area contributed by atoms with Gasteiger partial charge in [-0.3, -0.25) is 9.48 Å². The molecule has 1 aromatic heterocycles. The highest BCUT2D eigenvalue weighted by Gasteiger charge is 2.09. The molecule has 1 amide bonds. The Morgan fingerprint density at radius 2 is 2.33 bits per heavy atom. The molecule has 2 rings (SSSR count). The Morgan fingerprint density at radius 3 is 3.00 bits per heavy atom. The first-order valence-electron chi connectivity index (χ1n) is 5.46. The van der Waals surface area contributed by atoms with E-state index in [1.54, 1.807) is 20.4 Å². The molecule has 18 heavy (non-hydrogen) atoms. The van der Waals surface area contributed by atoms with Gasteiger partial charge in [-0.15, -0.1) is 5.10 Å². The standard InChI is InChI=1S/C12H14N4O2/c1-16-8-11(14-15-16)12(17)13-7-9-4-3-5-10(6-9)18-2/h3-6,8H,7H2,1-2H3,(H,13,17). The van der Waals surface area contributed by atoms with Gasteiger partial charge in [0, 0.05) is 13.6 Å². The zero-order chi connectivity index (χ0) is 13.0. The summed E-state index contributed by atoms with van der Waals surface area (Å²) < 4.78 is 6.60. The Morgan fingerprint density at radius 1 is 1.50 bits per heavy atom. The topological polar surface area (TPSA) is 69.0 Å². The lowest BCUT2D eigenvalue weighted by Gasteiger charge is -2.05. The van der Waals surface area contributed by atoms with E-state index in [4.69, 9.17) is 4.74 Å². The van der Waals surface area contributed by atoms with E-state index in [-0.39, 0.29) is 5.91 Å². The number of methoxy groups -OCH3 is 1. The van der Waals surface area contributed by atoms with Crippen molar-refractivity contribution in [3.63, 3.8) is 0 Å². The molecule has 0 aliphatic carbocycles. The van der Waals surface area contributed by atoms with Crippen molar-refractivity contribution in [1.29, 1.82) is 0 Å². The van der Waals surface area contributed by atoms with Crippen molar-refractivity contribution in [3.05, 3.63) is 41.7 Å². The first-order valence-corrected chi connectivity index (χ1v) is 5.46. The number of carbonyl (C=O) groups excluding carboxylic acids is 1. The molecule has 6 heteroatoms. The fourth-order valence-corrected chi connectivity index (χ4v) is 1.51. The molecule has 0 radical (unpaired) electrons. The maximum Gasteiger partial charge on any atom is 0.273 e. The molecule has 1 aromatic carbocycles. The fourth-order valence-electron chi connectivity index (χ4n) is 1.51. The highest BCUT2D eigenvalue weighted by Crippen LogP contribution is 2.12. The average Bonchev–Trinajstić information content (AvgIpc) is 2.83. The quantitative estimate of drug-likeness (QED) is 0.864. The van der Waals surface area contributed by atoms with Crippen molar-refractivity contribution in [2.45, 2.75) is 6.54 Å². The number of benzene rings is 1. The van der Waals surface area contributed by atoms with E-state index in [9.17, 15) is 4.79 Å². The Hall–Kier alpha value is -2.37. The number of nitrogens with one attached hydrogen (secondary N) is 1. The summed E-state index contributed by atoms with van der Waals surface area (Å²) in [5.74, 6) is 0.521. The van der Waals surface area contributed by atoms with Gasteiger partial charge in [0.2, 0.25) is 0 Å². The minimum absolute atomic E-state index is 0.245. The lowest BCUT2D eigenvalue weighted by Crippen LogP contribution is -2.23. The van der Waals surface area contributed by atoms with Crippen LogP contribution in [-0.2, 0) is 13.6 Å². The third-order valence-electron chi connectivity index (χ3n) is 2.42. The molecule has 6 nitrogen and oxygen atoms in total. The van der Waals surface area contributed by atoms with Gasteiger partial charge in [-0.2, -0.15) is 0 Å². The smallest absolute Gasteiger partial charge is 0.273 e. The molecule has 1 heterocycles. The molecule has 0 saturated heterocycles. The third kappa shape index (κ3) is 2.85. The van der Waals surface area contributed by atoms with E-state index in [0.717, 1.165) is 11.3 Å². The summed E-state index contributed by atoms with van der Waals surface area (Å²) in [6.07, 6.45) is 1.57. The van der Waals surface area contributed by atoms with Gasteiger partial charge in [0.15, 0.2) is 5.69 Å². The predicted octanol–water partition coefficient (Wildman–Crippen LogP) is 0.754. The van der Waals surface area contributed by atoms with E-state index in [1.807, 2.05) is 24.3 Å². The summed E-state index contributed by atoms with van der Waals surface area (Å²) in [6, 6.07) is 7.52. The number of ether oxygens (including phenoxy) is 1. The molecule has 0 aliphatic rings. The normalized spacial score (nSPS) is 10.1. The van der Waals surface area contributed by atoms with Crippen molar-refractivity contribution in [3.8, 4) is 5.75 Å². The largest absolute Gasteiger partial charge is 0.497 e. The first-order chi connectivity index (χ1) is 8.69. The van der Waals surface area contributed by atoms with Crippen LogP contribution in [0, 0.1) is 0 Å². The van der Waals surface area contributed by atoms with Crippen molar-refractivity contribution in [2.75, 3.05) is 7.11 Å². The highest BCUT2D eigenvalue weighted by atomic mass is 16.5. The number of rotatable bonds is 4. The number of hydrogen-bond acceptors (Lipinski definition) is 4. The van der Waals surface area contributed by atoms with Gasteiger partial charge in [0.25, 0.3) is 5.91 Å². The van der Waals surface area contributed by atoms with E-state index in [0.29, 0.717) is 12.2 Å². The highest BCUT2D eigenvalue weighted by molar-refractivity contribution is 5.91. The molecule has 0 aliphatic heterocycles. The lowest BCUT2D eigenvalue weighted by atomic mass is 10.2. The number of amides is 1. The van der Waals surface area contributed by atoms with Crippen LogP contribution in [-0.4, -0.2) is 28.0 Å². The fraction of sp³-hybridized carbons (Fsp3) is 0.250. The summed E-state index contributed by atoms with van der Waals surface area (Å²) in [5, 5.41) is 10.2. The van der Waals surface area contributed by atoms with Gasteiger partial charge in [-0.25, -0.2) is 0 Å². The molecule has 0 fully saturated rings. The predicted molar refractivity (Wildman–Crippen MR) is 65.2 cm³/mol. The Kier molecular flexibility index (Phi) is 3.57. The third-order valence-corrected chi connectivity index (χ3v) is 2.42. The molecule has 0 unspecified atom stereocenters. The van der Waals surface area contributed by atoms with Crippen LogP contribution in [0.25, 0.3) is 0 Å². The van der Waals surface area contributed by atoms with Gasteiger partial charge >= 0.3 is 0 Å². The van der Waals surface area contributed by atoms with Crippen molar-refractivity contribution in [2.24, 2.45) is 7.05 Å². The van der Waals surface area contributed by atoms with E-state index < -0.39 is 0 Å². The molecule has 1 N–H and O–H groups in total. The monoisotopic (exact) mass is 246 g/mol. The molecule has 0 spiro atoms. The second-order valence-electron chi connectivity index (χ2n) is 3.81. The summed E-state index contributed by atoms with van der Waals surface area (Å²) in [6.45, 7) is 0.423. The van der Waals surface area contributed by atoms with Gasteiger partial charge in [-0.05, 0) is 17.7 Å². The second-order valence-corrected chi connectivity index (χ2v) is 3.81. The van der Waals surface area contributed by atoms with Crippen molar-refractivity contribution >= 4 is 5.91 Å². The summed E-state index contributed by atoms with van der Waals surface area (Å²) in [4.78, 5) is 11.7. The van der Waals surface area contributed by atoms with Crippen molar-refractivity contribution < 1.29 is 9.53 Å². The zero-order valence-electron chi connectivity index (χ0n) is 10.3. The molecule has 0 atom stereocenters. The van der Waals surface area contributed by atoms with Crippen LogP contribution in [0.1, 0.15) is 16.1 Å². The summed E-state index contributed by atoms with van der Waals surface area (Å²) in [5.41, 5.74) is 1.27. The van der Waals surface area contributed by atoms with E-state index in [1.165, 1.54) is 4.68 Å². The molecule has 94 valence electrons. The van der Waals surface area contributed by atoms with Crippen LogP contribution in [0.2, 0.25) is 0 Å². The summed E-state index contributed by atoms with van der Waals surface area (Å²) >= 11 is 0. The maximum atomic E-state index is 11.7.